The third-order valence-corrected chi connectivity index (χ3v) is 4.92. The van der Waals surface area contributed by atoms with E-state index in [2.05, 4.69) is 10.3 Å². The number of rotatable bonds is 6. The molecular weight excluding hydrogens is 376 g/mol. The van der Waals surface area contributed by atoms with Gasteiger partial charge in [0.15, 0.2) is 0 Å². The fraction of sp³-hybridized carbons (Fsp3) is 0.286. The van der Waals surface area contributed by atoms with Crippen LogP contribution < -0.4 is 5.32 Å². The van der Waals surface area contributed by atoms with Gasteiger partial charge >= 0.3 is 0 Å². The summed E-state index contributed by atoms with van der Waals surface area (Å²) in [6, 6.07) is 13.0. The van der Waals surface area contributed by atoms with Crippen LogP contribution in [0.5, 0.6) is 0 Å². The lowest BCUT2D eigenvalue weighted by Crippen LogP contribution is -2.39. The summed E-state index contributed by atoms with van der Waals surface area (Å²) < 4.78 is 1.87. The van der Waals surface area contributed by atoms with E-state index in [0.29, 0.717) is 17.3 Å². The van der Waals surface area contributed by atoms with Gasteiger partial charge in [0.1, 0.15) is 12.4 Å². The predicted molar refractivity (Wildman–Crippen MR) is 112 cm³/mol. The van der Waals surface area contributed by atoms with Crippen LogP contribution in [0.3, 0.4) is 0 Å². The van der Waals surface area contributed by atoms with Gasteiger partial charge in [0, 0.05) is 17.3 Å². The molecule has 146 valence electrons. The Morgan fingerprint density at radius 1 is 1.18 bits per heavy atom. The Hall–Kier alpha value is -2.86. The van der Waals surface area contributed by atoms with Crippen molar-refractivity contribution in [2.24, 2.45) is 0 Å². The van der Waals surface area contributed by atoms with Gasteiger partial charge < -0.3 is 14.8 Å². The first-order chi connectivity index (χ1) is 13.4. The van der Waals surface area contributed by atoms with Crippen molar-refractivity contribution in [2.75, 3.05) is 18.4 Å². The van der Waals surface area contributed by atoms with Gasteiger partial charge in [0.2, 0.25) is 11.8 Å². The van der Waals surface area contributed by atoms with Crippen LogP contribution in [-0.2, 0) is 16.1 Å². The van der Waals surface area contributed by atoms with Crippen molar-refractivity contribution in [3.8, 4) is 0 Å². The average molecular weight is 399 g/mol. The third-order valence-electron chi connectivity index (χ3n) is 4.68. The number of para-hydroxylation sites is 2. The number of hydrogen-bond acceptors (Lipinski definition) is 3. The summed E-state index contributed by atoms with van der Waals surface area (Å²) in [5.74, 6) is 0.379. The van der Waals surface area contributed by atoms with E-state index in [0.717, 1.165) is 22.4 Å². The second-order valence-corrected chi connectivity index (χ2v) is 7.09. The summed E-state index contributed by atoms with van der Waals surface area (Å²) in [6.07, 6.45) is 0. The van der Waals surface area contributed by atoms with Crippen molar-refractivity contribution in [3.05, 3.63) is 58.9 Å². The zero-order valence-corrected chi connectivity index (χ0v) is 17.0. The van der Waals surface area contributed by atoms with Gasteiger partial charge in [0.05, 0.1) is 17.6 Å². The van der Waals surface area contributed by atoms with Crippen LogP contribution in [0.1, 0.15) is 18.3 Å². The molecule has 6 nitrogen and oxygen atoms in total. The maximum absolute atomic E-state index is 12.8. The zero-order chi connectivity index (χ0) is 20.3. The summed E-state index contributed by atoms with van der Waals surface area (Å²) in [6.45, 7) is 6.18. The highest BCUT2D eigenvalue weighted by Crippen LogP contribution is 2.20. The standard InChI is InChI=1S/C21H23ClN4O2/c1-4-25(12-20(27)24-18-11-16(22)10-9-14(18)2)21(28)13-26-15(3)23-17-7-5-6-8-19(17)26/h5-11H,4,12-13H2,1-3H3,(H,24,27). The maximum atomic E-state index is 12.8. The number of imidazole rings is 1. The molecule has 0 aliphatic rings. The Morgan fingerprint density at radius 2 is 1.93 bits per heavy atom. The summed E-state index contributed by atoms with van der Waals surface area (Å²) in [5.41, 5.74) is 3.32. The first-order valence-corrected chi connectivity index (χ1v) is 9.52. The normalized spacial score (nSPS) is 10.9. The van der Waals surface area contributed by atoms with Crippen LogP contribution in [0.4, 0.5) is 5.69 Å². The molecule has 3 rings (SSSR count). The highest BCUT2D eigenvalue weighted by molar-refractivity contribution is 6.31. The lowest BCUT2D eigenvalue weighted by molar-refractivity contribution is -0.135. The third kappa shape index (κ3) is 4.34. The smallest absolute Gasteiger partial charge is 0.244 e. The fourth-order valence-corrected chi connectivity index (χ4v) is 3.27. The minimum Gasteiger partial charge on any atom is -0.332 e. The molecule has 0 atom stereocenters. The molecule has 0 saturated carbocycles. The molecule has 1 aromatic heterocycles. The number of benzene rings is 2. The molecule has 0 fully saturated rings. The summed E-state index contributed by atoms with van der Waals surface area (Å²) >= 11 is 6.00. The second-order valence-electron chi connectivity index (χ2n) is 6.65. The van der Waals surface area contributed by atoms with E-state index < -0.39 is 0 Å². The van der Waals surface area contributed by atoms with E-state index >= 15 is 0 Å². The van der Waals surface area contributed by atoms with Crippen LogP contribution >= 0.6 is 11.6 Å². The lowest BCUT2D eigenvalue weighted by Gasteiger charge is -2.21. The fourth-order valence-electron chi connectivity index (χ4n) is 3.10. The van der Waals surface area contributed by atoms with E-state index in [9.17, 15) is 9.59 Å². The van der Waals surface area contributed by atoms with Gasteiger partial charge in [-0.3, -0.25) is 9.59 Å². The number of anilines is 1. The quantitative estimate of drug-likeness (QED) is 0.686. The topological polar surface area (TPSA) is 67.2 Å². The van der Waals surface area contributed by atoms with Crippen LogP contribution in [-0.4, -0.2) is 39.4 Å². The van der Waals surface area contributed by atoms with Gasteiger partial charge in [-0.15, -0.1) is 0 Å². The Kier molecular flexibility index (Phi) is 5.99. The molecule has 28 heavy (non-hydrogen) atoms. The number of fused-ring (bicyclic) bond motifs is 1. The van der Waals surface area contributed by atoms with Crippen molar-refractivity contribution < 1.29 is 9.59 Å². The van der Waals surface area contributed by atoms with Gasteiger partial charge in [-0.05, 0) is 50.6 Å². The number of nitrogens with one attached hydrogen (secondary N) is 1. The summed E-state index contributed by atoms with van der Waals surface area (Å²) in [5, 5.41) is 3.38. The number of carbonyl (C=O) groups is 2. The van der Waals surface area contributed by atoms with E-state index in [4.69, 9.17) is 11.6 Å². The number of aromatic nitrogens is 2. The minimum absolute atomic E-state index is 0.0209. The van der Waals surface area contributed by atoms with Crippen molar-refractivity contribution in [2.45, 2.75) is 27.3 Å². The van der Waals surface area contributed by atoms with Gasteiger partial charge in [-0.1, -0.05) is 29.8 Å². The van der Waals surface area contributed by atoms with Crippen LogP contribution in [0.2, 0.25) is 5.02 Å². The molecule has 0 saturated heterocycles. The number of amides is 2. The maximum Gasteiger partial charge on any atom is 0.244 e. The molecule has 3 aromatic rings. The predicted octanol–water partition coefficient (Wildman–Crippen LogP) is 3.79. The first-order valence-electron chi connectivity index (χ1n) is 9.14. The van der Waals surface area contributed by atoms with Crippen LogP contribution in [0, 0.1) is 13.8 Å². The number of hydrogen-bond donors (Lipinski definition) is 1. The molecule has 2 amide bonds. The minimum atomic E-state index is -0.257. The molecule has 0 aliphatic heterocycles. The Balaban J connectivity index is 1.70. The molecule has 1 heterocycles. The number of nitrogens with zero attached hydrogens (tertiary/aromatic N) is 3. The summed E-state index contributed by atoms with van der Waals surface area (Å²) in [4.78, 5) is 31.3. The SMILES string of the molecule is CCN(CC(=O)Nc1cc(Cl)ccc1C)C(=O)Cn1c(C)nc2ccccc21. The lowest BCUT2D eigenvalue weighted by atomic mass is 10.2. The van der Waals surface area contributed by atoms with Crippen LogP contribution in [0.25, 0.3) is 11.0 Å². The molecule has 1 N–H and O–H groups in total. The van der Waals surface area contributed by atoms with E-state index in [1.54, 1.807) is 12.1 Å². The highest BCUT2D eigenvalue weighted by Gasteiger charge is 2.18. The molecule has 0 radical (unpaired) electrons. The van der Waals surface area contributed by atoms with Crippen molar-refractivity contribution >= 4 is 40.1 Å². The number of halogens is 1. The van der Waals surface area contributed by atoms with Gasteiger partial charge in [0.25, 0.3) is 0 Å². The average Bonchev–Trinajstić information content (AvgIpc) is 2.98. The zero-order valence-electron chi connectivity index (χ0n) is 16.2. The molecule has 0 aliphatic carbocycles. The van der Waals surface area contributed by atoms with Crippen LogP contribution in [0.15, 0.2) is 42.5 Å². The Bertz CT molecular complexity index is 1030. The van der Waals surface area contributed by atoms with Crippen molar-refractivity contribution in [1.82, 2.24) is 14.5 Å². The molecule has 7 heteroatoms. The molecule has 0 unspecified atom stereocenters. The van der Waals surface area contributed by atoms with Gasteiger partial charge in [-0.2, -0.15) is 0 Å². The second kappa shape index (κ2) is 8.44. The number of likely N-dealkylation sites (N-methyl/N-ethyl adjacent to an activating group) is 1. The Morgan fingerprint density at radius 3 is 2.68 bits per heavy atom. The van der Waals surface area contributed by atoms with Crippen molar-refractivity contribution in [3.63, 3.8) is 0 Å². The highest BCUT2D eigenvalue weighted by atomic mass is 35.5. The van der Waals surface area contributed by atoms with E-state index in [1.165, 1.54) is 4.90 Å². The number of carbonyl (C=O) groups excluding carboxylic acids is 2. The Labute approximate surface area is 169 Å². The number of aryl methyl sites for hydroxylation is 2. The summed E-state index contributed by atoms with van der Waals surface area (Å²) in [7, 11) is 0. The molecule has 2 aromatic carbocycles. The molecular formula is C21H23ClN4O2. The van der Waals surface area contributed by atoms with Gasteiger partial charge in [-0.25, -0.2) is 4.98 Å². The van der Waals surface area contributed by atoms with E-state index in [1.807, 2.05) is 55.7 Å². The monoisotopic (exact) mass is 398 g/mol. The first kappa shape index (κ1) is 19.9. The van der Waals surface area contributed by atoms with E-state index in [-0.39, 0.29) is 24.9 Å². The largest absolute Gasteiger partial charge is 0.332 e. The molecule has 0 spiro atoms. The van der Waals surface area contributed by atoms with Crippen molar-refractivity contribution in [1.29, 1.82) is 0 Å². The molecule has 0 bridgehead atoms.